The van der Waals surface area contributed by atoms with Crippen LogP contribution in [0.25, 0.3) is 0 Å². The van der Waals surface area contributed by atoms with E-state index in [0.29, 0.717) is 31.6 Å². The van der Waals surface area contributed by atoms with Gasteiger partial charge in [0, 0.05) is 19.0 Å². The van der Waals surface area contributed by atoms with Crippen LogP contribution in [-0.2, 0) is 18.4 Å². The average Bonchev–Trinajstić information content (AvgIpc) is 3.16. The molecule has 1 heterocycles. The Hall–Kier alpha value is -2.70. The molecule has 0 saturated heterocycles. The van der Waals surface area contributed by atoms with Gasteiger partial charge >= 0.3 is 0 Å². The number of nitrogens with one attached hydrogen (secondary N) is 2. The van der Waals surface area contributed by atoms with Crippen LogP contribution in [0.1, 0.15) is 51.8 Å². The highest BCUT2D eigenvalue weighted by atomic mass is 16.5. The fourth-order valence-corrected chi connectivity index (χ4v) is 2.69. The number of rotatable bonds is 9. The van der Waals surface area contributed by atoms with E-state index in [4.69, 9.17) is 13.9 Å². The minimum Gasteiger partial charge on any atom is -0.490 e. The highest BCUT2D eigenvalue weighted by Gasteiger charge is 2.19. The van der Waals surface area contributed by atoms with Gasteiger partial charge in [0.2, 0.25) is 5.89 Å². The maximum Gasteiger partial charge on any atom is 0.213 e. The SMILES string of the molecule is CCOc1ccc(CCNC(=NC)NCc2ncc(C(C)(C)C)o2)cc1OCC. The Morgan fingerprint density at radius 1 is 1.10 bits per heavy atom. The minimum absolute atomic E-state index is 0.0523. The van der Waals surface area contributed by atoms with Gasteiger partial charge in [-0.05, 0) is 38.0 Å². The summed E-state index contributed by atoms with van der Waals surface area (Å²) in [6, 6.07) is 6.06. The summed E-state index contributed by atoms with van der Waals surface area (Å²) in [5.74, 6) is 3.79. The summed E-state index contributed by atoms with van der Waals surface area (Å²) < 4.78 is 17.1. The maximum atomic E-state index is 5.80. The van der Waals surface area contributed by atoms with E-state index in [2.05, 4.69) is 47.4 Å². The molecule has 0 spiro atoms. The molecule has 0 bridgehead atoms. The molecule has 7 nitrogen and oxygen atoms in total. The second-order valence-corrected chi connectivity index (χ2v) is 7.62. The molecule has 0 radical (unpaired) electrons. The quantitative estimate of drug-likeness (QED) is 0.492. The number of aliphatic imine (C=N–C) groups is 1. The number of nitrogens with zero attached hydrogens (tertiary/aromatic N) is 2. The largest absolute Gasteiger partial charge is 0.490 e. The standard InChI is InChI=1S/C22H34N4O3/c1-7-27-17-10-9-16(13-18(17)28-8-2)11-12-24-21(23-6)26-15-20-25-14-19(29-20)22(3,4)5/h9-10,13-14H,7-8,11-12,15H2,1-6H3,(H2,23,24,26). The summed E-state index contributed by atoms with van der Waals surface area (Å²) in [6.07, 6.45) is 2.62. The van der Waals surface area contributed by atoms with Crippen LogP contribution in [-0.4, -0.2) is 37.7 Å². The molecule has 160 valence electrons. The van der Waals surface area contributed by atoms with Gasteiger partial charge in [0.15, 0.2) is 17.5 Å². The van der Waals surface area contributed by atoms with Crippen LogP contribution < -0.4 is 20.1 Å². The number of guanidine groups is 1. The van der Waals surface area contributed by atoms with Gasteiger partial charge in [0.05, 0.1) is 26.0 Å². The molecule has 0 aliphatic carbocycles. The minimum atomic E-state index is -0.0523. The van der Waals surface area contributed by atoms with Crippen molar-refractivity contribution in [3.05, 3.63) is 41.6 Å². The van der Waals surface area contributed by atoms with Gasteiger partial charge < -0.3 is 24.5 Å². The smallest absolute Gasteiger partial charge is 0.213 e. The number of oxazole rings is 1. The van der Waals surface area contributed by atoms with Crippen LogP contribution in [0.15, 0.2) is 33.8 Å². The van der Waals surface area contributed by atoms with Crippen LogP contribution >= 0.6 is 0 Å². The van der Waals surface area contributed by atoms with Gasteiger partial charge in [0.25, 0.3) is 0 Å². The van der Waals surface area contributed by atoms with E-state index in [9.17, 15) is 0 Å². The predicted molar refractivity (Wildman–Crippen MR) is 116 cm³/mol. The molecule has 0 atom stereocenters. The van der Waals surface area contributed by atoms with Crippen LogP contribution in [0.3, 0.4) is 0 Å². The highest BCUT2D eigenvalue weighted by molar-refractivity contribution is 5.79. The first-order chi connectivity index (χ1) is 13.9. The summed E-state index contributed by atoms with van der Waals surface area (Å²) in [5, 5.41) is 6.55. The van der Waals surface area contributed by atoms with Crippen molar-refractivity contribution in [1.29, 1.82) is 0 Å². The van der Waals surface area contributed by atoms with Crippen molar-refractivity contribution in [2.45, 2.75) is 53.0 Å². The Bertz CT molecular complexity index is 794. The van der Waals surface area contributed by atoms with Crippen molar-refractivity contribution in [2.24, 2.45) is 4.99 Å². The first-order valence-electron chi connectivity index (χ1n) is 10.2. The van der Waals surface area contributed by atoms with Crippen molar-refractivity contribution in [1.82, 2.24) is 15.6 Å². The van der Waals surface area contributed by atoms with Gasteiger partial charge in [-0.25, -0.2) is 4.98 Å². The Morgan fingerprint density at radius 2 is 1.83 bits per heavy atom. The van der Waals surface area contributed by atoms with Crippen LogP contribution in [0.5, 0.6) is 11.5 Å². The third-order valence-corrected chi connectivity index (χ3v) is 4.24. The lowest BCUT2D eigenvalue weighted by molar-refractivity contribution is 0.287. The Kier molecular flexibility index (Phi) is 8.36. The monoisotopic (exact) mass is 402 g/mol. The summed E-state index contributed by atoms with van der Waals surface area (Å²) in [7, 11) is 1.75. The molecule has 0 fully saturated rings. The molecule has 0 aliphatic rings. The first kappa shape index (κ1) is 22.6. The number of hydrogen-bond acceptors (Lipinski definition) is 5. The topological polar surface area (TPSA) is 80.9 Å². The van der Waals surface area contributed by atoms with Crippen LogP contribution in [0.4, 0.5) is 0 Å². The van der Waals surface area contributed by atoms with Crippen molar-refractivity contribution in [3.8, 4) is 11.5 Å². The zero-order valence-corrected chi connectivity index (χ0v) is 18.5. The van der Waals surface area contributed by atoms with E-state index in [1.165, 1.54) is 5.56 Å². The number of aromatic nitrogens is 1. The molecule has 2 N–H and O–H groups in total. The fraction of sp³-hybridized carbons (Fsp3) is 0.545. The van der Waals surface area contributed by atoms with Crippen LogP contribution in [0.2, 0.25) is 0 Å². The number of hydrogen-bond donors (Lipinski definition) is 2. The first-order valence-corrected chi connectivity index (χ1v) is 10.2. The molecule has 0 aliphatic heterocycles. The molecule has 7 heteroatoms. The summed E-state index contributed by atoms with van der Waals surface area (Å²) in [6.45, 7) is 12.7. The van der Waals surface area contributed by atoms with Gasteiger partial charge in [0.1, 0.15) is 5.76 Å². The number of ether oxygens (including phenoxy) is 2. The normalized spacial score (nSPS) is 12.0. The Balaban J connectivity index is 1.85. The second kappa shape index (κ2) is 10.7. The van der Waals surface area contributed by atoms with Crippen molar-refractivity contribution >= 4 is 5.96 Å². The Morgan fingerprint density at radius 3 is 2.45 bits per heavy atom. The molecule has 0 amide bonds. The van der Waals surface area contributed by atoms with Gasteiger partial charge in [-0.3, -0.25) is 4.99 Å². The lowest BCUT2D eigenvalue weighted by Gasteiger charge is -2.14. The van der Waals surface area contributed by atoms with E-state index < -0.39 is 0 Å². The molecule has 1 aromatic heterocycles. The molecule has 2 aromatic rings. The van der Waals surface area contributed by atoms with E-state index in [1.807, 2.05) is 26.0 Å². The van der Waals surface area contributed by atoms with Gasteiger partial charge in [-0.2, -0.15) is 0 Å². The highest BCUT2D eigenvalue weighted by Crippen LogP contribution is 2.28. The van der Waals surface area contributed by atoms with E-state index in [0.717, 1.165) is 30.2 Å². The van der Waals surface area contributed by atoms with Crippen LogP contribution in [0, 0.1) is 0 Å². The molecule has 0 saturated carbocycles. The van der Waals surface area contributed by atoms with Crippen molar-refractivity contribution < 1.29 is 13.9 Å². The molecule has 0 unspecified atom stereocenters. The third kappa shape index (κ3) is 7.00. The average molecular weight is 403 g/mol. The van der Waals surface area contributed by atoms with Crippen molar-refractivity contribution in [3.63, 3.8) is 0 Å². The van der Waals surface area contributed by atoms with Gasteiger partial charge in [-0.1, -0.05) is 26.8 Å². The van der Waals surface area contributed by atoms with E-state index in [1.54, 1.807) is 13.2 Å². The summed E-state index contributed by atoms with van der Waals surface area (Å²) in [4.78, 5) is 8.59. The zero-order valence-electron chi connectivity index (χ0n) is 18.5. The van der Waals surface area contributed by atoms with Crippen molar-refractivity contribution in [2.75, 3.05) is 26.8 Å². The molecule has 2 rings (SSSR count). The maximum absolute atomic E-state index is 5.80. The lowest BCUT2D eigenvalue weighted by atomic mass is 9.94. The molecule has 1 aromatic carbocycles. The molecule has 29 heavy (non-hydrogen) atoms. The van der Waals surface area contributed by atoms with Gasteiger partial charge in [-0.15, -0.1) is 0 Å². The summed E-state index contributed by atoms with van der Waals surface area (Å²) >= 11 is 0. The molecular weight excluding hydrogens is 368 g/mol. The third-order valence-electron chi connectivity index (χ3n) is 4.24. The summed E-state index contributed by atoms with van der Waals surface area (Å²) in [5.41, 5.74) is 1.12. The molecular formula is C22H34N4O3. The zero-order chi connectivity index (χ0) is 21.3. The number of benzene rings is 1. The fourth-order valence-electron chi connectivity index (χ4n) is 2.69. The van der Waals surface area contributed by atoms with E-state index >= 15 is 0 Å². The predicted octanol–water partition coefficient (Wildman–Crippen LogP) is 3.68. The van der Waals surface area contributed by atoms with E-state index in [-0.39, 0.29) is 5.41 Å². The lowest BCUT2D eigenvalue weighted by Crippen LogP contribution is -2.37. The Labute approximate surface area is 173 Å². The second-order valence-electron chi connectivity index (χ2n) is 7.62.